The highest BCUT2D eigenvalue weighted by Gasteiger charge is 2.15. The second kappa shape index (κ2) is 30.6. The molecule has 0 bridgehead atoms. The zero-order valence-corrected chi connectivity index (χ0v) is 32.6. The Morgan fingerprint density at radius 3 is 1.02 bits per heavy atom. The molecule has 16 nitrogen and oxygen atoms in total. The zero-order chi connectivity index (χ0) is 40.7. The summed E-state index contributed by atoms with van der Waals surface area (Å²) >= 11 is 0. The van der Waals surface area contributed by atoms with Gasteiger partial charge in [-0.3, -0.25) is 14.4 Å². The number of hydrogen-bond donors (Lipinski definition) is 0. The van der Waals surface area contributed by atoms with Crippen LogP contribution in [0, 0.1) is 0 Å². The highest BCUT2D eigenvalue weighted by Crippen LogP contribution is 2.09. The van der Waals surface area contributed by atoms with Gasteiger partial charge in [0.1, 0.15) is 26.4 Å². The lowest BCUT2D eigenvalue weighted by molar-refractivity contribution is -0.149. The second-order valence-electron chi connectivity index (χ2n) is 12.8. The first kappa shape index (κ1) is 48.3. The molecular formula is C39H61N3O13. The predicted molar refractivity (Wildman–Crippen MR) is 203 cm³/mol. The summed E-state index contributed by atoms with van der Waals surface area (Å²) in [6.45, 7) is 9.06. The first-order valence-corrected chi connectivity index (χ1v) is 19.5. The van der Waals surface area contributed by atoms with E-state index in [-0.39, 0.29) is 76.8 Å². The lowest BCUT2D eigenvalue weighted by Gasteiger charge is -2.14. The molecule has 0 atom stereocenters. The third kappa shape index (κ3) is 22.3. The highest BCUT2D eigenvalue weighted by atomic mass is 16.6. The summed E-state index contributed by atoms with van der Waals surface area (Å²) in [5, 5.41) is 0. The SMILES string of the molecule is C=CC(=O)OCCOC(=O)CCCCCCCn1c(=O)n(CCCCCCCC(=O)OCC)c(=O)n(CCCCCCCC(=O)OCCOC(=O)C=C)c1=O. The standard InChI is InChI=1S/C39H61N3O13/c1-4-32(43)52-28-30-54-35(46)23-17-11-8-14-20-26-41-37(48)40(25-19-13-7-10-16-22-34(45)51-6-3)38(49)42(39(41)50)27-21-15-9-12-18-24-36(47)55-31-29-53-33(44)5-2/h4-5H,1-2,6-31H2,3H3. The molecule has 55 heavy (non-hydrogen) atoms. The van der Waals surface area contributed by atoms with Gasteiger partial charge in [-0.15, -0.1) is 0 Å². The minimum atomic E-state index is -0.631. The molecule has 0 saturated heterocycles. The van der Waals surface area contributed by atoms with Crippen molar-refractivity contribution >= 4 is 29.8 Å². The quantitative estimate of drug-likeness (QED) is 0.0424. The Kier molecular flexibility index (Phi) is 26.8. The van der Waals surface area contributed by atoms with E-state index in [2.05, 4.69) is 13.2 Å². The van der Waals surface area contributed by atoms with E-state index in [0.29, 0.717) is 64.4 Å². The molecular weight excluding hydrogens is 718 g/mol. The molecule has 1 aromatic rings. The minimum Gasteiger partial charge on any atom is -0.466 e. The maximum Gasteiger partial charge on any atom is 0.336 e. The van der Waals surface area contributed by atoms with E-state index in [1.54, 1.807) is 6.92 Å². The third-order valence-corrected chi connectivity index (χ3v) is 8.49. The number of esters is 5. The number of carbonyl (C=O) groups excluding carboxylic acids is 5. The fourth-order valence-corrected chi connectivity index (χ4v) is 5.56. The maximum atomic E-state index is 13.4. The average Bonchev–Trinajstić information content (AvgIpc) is 3.17. The van der Waals surface area contributed by atoms with Crippen molar-refractivity contribution in [1.82, 2.24) is 13.7 Å². The molecule has 1 aromatic heterocycles. The van der Waals surface area contributed by atoms with Crippen molar-refractivity contribution in [2.45, 2.75) is 142 Å². The largest absolute Gasteiger partial charge is 0.466 e. The molecule has 16 heteroatoms. The Bertz CT molecular complexity index is 1430. The van der Waals surface area contributed by atoms with Gasteiger partial charge in [-0.05, 0) is 45.4 Å². The van der Waals surface area contributed by atoms with Crippen LogP contribution >= 0.6 is 0 Å². The van der Waals surface area contributed by atoms with E-state index >= 15 is 0 Å². The number of nitrogens with zero attached hydrogens (tertiary/aromatic N) is 3. The molecule has 0 saturated carbocycles. The van der Waals surface area contributed by atoms with Crippen LogP contribution in [0.5, 0.6) is 0 Å². The van der Waals surface area contributed by atoms with Crippen molar-refractivity contribution in [2.75, 3.05) is 33.0 Å². The van der Waals surface area contributed by atoms with Gasteiger partial charge in [0.05, 0.1) is 6.61 Å². The normalized spacial score (nSPS) is 10.7. The van der Waals surface area contributed by atoms with Crippen LogP contribution in [0.15, 0.2) is 39.7 Å². The number of unbranched alkanes of at least 4 members (excludes halogenated alkanes) is 12. The van der Waals surface area contributed by atoms with Crippen molar-refractivity contribution in [1.29, 1.82) is 0 Å². The summed E-state index contributed by atoms with van der Waals surface area (Å²) in [6.07, 6.45) is 13.2. The van der Waals surface area contributed by atoms with Crippen molar-refractivity contribution in [3.05, 3.63) is 56.8 Å². The number of carbonyl (C=O) groups is 5. The molecule has 310 valence electrons. The van der Waals surface area contributed by atoms with Crippen molar-refractivity contribution in [3.63, 3.8) is 0 Å². The van der Waals surface area contributed by atoms with Crippen molar-refractivity contribution in [2.24, 2.45) is 0 Å². The molecule has 0 N–H and O–H groups in total. The molecule has 0 amide bonds. The van der Waals surface area contributed by atoms with E-state index in [1.165, 1.54) is 0 Å². The van der Waals surface area contributed by atoms with Crippen LogP contribution in [0.2, 0.25) is 0 Å². The molecule has 0 aliphatic heterocycles. The molecule has 0 unspecified atom stereocenters. The summed E-state index contributed by atoms with van der Waals surface area (Å²) in [5.74, 6) is -2.16. The summed E-state index contributed by atoms with van der Waals surface area (Å²) in [7, 11) is 0. The summed E-state index contributed by atoms with van der Waals surface area (Å²) in [5.41, 5.74) is -1.88. The lowest BCUT2D eigenvalue weighted by atomic mass is 10.1. The Morgan fingerprint density at radius 2 is 0.709 bits per heavy atom. The van der Waals surface area contributed by atoms with E-state index in [9.17, 15) is 38.4 Å². The lowest BCUT2D eigenvalue weighted by Crippen LogP contribution is -2.54. The Labute approximate surface area is 322 Å². The molecule has 0 spiro atoms. The minimum absolute atomic E-state index is 0.0255. The molecule has 1 rings (SSSR count). The van der Waals surface area contributed by atoms with Gasteiger partial charge in [-0.2, -0.15) is 0 Å². The van der Waals surface area contributed by atoms with Gasteiger partial charge in [0.2, 0.25) is 0 Å². The van der Waals surface area contributed by atoms with Crippen LogP contribution in [0.4, 0.5) is 0 Å². The van der Waals surface area contributed by atoms with Crippen LogP contribution in [-0.4, -0.2) is 76.6 Å². The predicted octanol–water partition coefficient (Wildman–Crippen LogP) is 4.30. The summed E-state index contributed by atoms with van der Waals surface area (Å²) in [4.78, 5) is 97.6. The van der Waals surface area contributed by atoms with E-state index in [1.807, 2.05) is 0 Å². The van der Waals surface area contributed by atoms with Crippen LogP contribution in [0.25, 0.3) is 0 Å². The molecule has 0 aromatic carbocycles. The van der Waals surface area contributed by atoms with Crippen LogP contribution in [-0.2, 0) is 67.3 Å². The van der Waals surface area contributed by atoms with Gasteiger partial charge in [-0.1, -0.05) is 70.9 Å². The fraction of sp³-hybridized carbons (Fsp3) is 0.692. The first-order valence-electron chi connectivity index (χ1n) is 19.5. The van der Waals surface area contributed by atoms with Crippen LogP contribution < -0.4 is 17.1 Å². The molecule has 1 heterocycles. The van der Waals surface area contributed by atoms with Crippen molar-refractivity contribution < 1.29 is 47.7 Å². The summed E-state index contributed by atoms with van der Waals surface area (Å²) in [6, 6.07) is 0. The molecule has 0 radical (unpaired) electrons. The number of aromatic nitrogens is 3. The molecule has 0 aliphatic rings. The Balaban J connectivity index is 2.67. The van der Waals surface area contributed by atoms with Crippen molar-refractivity contribution in [3.8, 4) is 0 Å². The monoisotopic (exact) mass is 779 g/mol. The van der Waals surface area contributed by atoms with Crippen LogP contribution in [0.1, 0.15) is 122 Å². The highest BCUT2D eigenvalue weighted by molar-refractivity contribution is 5.81. The topological polar surface area (TPSA) is 197 Å². The van der Waals surface area contributed by atoms with Gasteiger partial charge in [-0.25, -0.2) is 37.7 Å². The number of hydrogen-bond acceptors (Lipinski definition) is 13. The van der Waals surface area contributed by atoms with E-state index in [4.69, 9.17) is 23.7 Å². The Hall–Kier alpha value is -4.76. The second-order valence-corrected chi connectivity index (χ2v) is 12.8. The first-order chi connectivity index (χ1) is 26.5. The van der Waals surface area contributed by atoms with E-state index in [0.717, 1.165) is 70.8 Å². The van der Waals surface area contributed by atoms with Crippen LogP contribution in [0.3, 0.4) is 0 Å². The average molecular weight is 780 g/mol. The van der Waals surface area contributed by atoms with Gasteiger partial charge in [0.25, 0.3) is 0 Å². The molecule has 0 fully saturated rings. The number of ether oxygens (including phenoxy) is 5. The third-order valence-electron chi connectivity index (χ3n) is 8.49. The van der Waals surface area contributed by atoms with E-state index < -0.39 is 29.0 Å². The zero-order valence-electron chi connectivity index (χ0n) is 32.6. The van der Waals surface area contributed by atoms with Gasteiger partial charge < -0.3 is 23.7 Å². The smallest absolute Gasteiger partial charge is 0.336 e. The van der Waals surface area contributed by atoms with Gasteiger partial charge in [0, 0.05) is 51.0 Å². The van der Waals surface area contributed by atoms with Gasteiger partial charge in [0.15, 0.2) is 0 Å². The summed E-state index contributed by atoms with van der Waals surface area (Å²) < 4.78 is 28.0. The Morgan fingerprint density at radius 1 is 0.436 bits per heavy atom. The molecule has 0 aliphatic carbocycles. The number of rotatable bonds is 33. The fourth-order valence-electron chi connectivity index (χ4n) is 5.56. The maximum absolute atomic E-state index is 13.4. The van der Waals surface area contributed by atoms with Gasteiger partial charge >= 0.3 is 46.9 Å².